The molecular formula is C14H9Cl2N. The highest BCUT2D eigenvalue weighted by atomic mass is 35.5. The Hall–Kier alpha value is -1.44. The summed E-state index contributed by atoms with van der Waals surface area (Å²) in [7, 11) is 0. The fourth-order valence-electron chi connectivity index (χ4n) is 1.96. The maximum absolute atomic E-state index is 6.03. The average molecular weight is 262 g/mol. The van der Waals surface area contributed by atoms with Gasteiger partial charge in [-0.25, -0.2) is 0 Å². The number of benzene rings is 2. The van der Waals surface area contributed by atoms with Gasteiger partial charge in [-0.15, -0.1) is 0 Å². The maximum Gasteiger partial charge on any atom is 0.0461 e. The van der Waals surface area contributed by atoms with E-state index in [2.05, 4.69) is 4.98 Å². The van der Waals surface area contributed by atoms with E-state index in [1.807, 2.05) is 48.7 Å². The minimum atomic E-state index is 0.742. The van der Waals surface area contributed by atoms with Gasteiger partial charge in [-0.05, 0) is 35.9 Å². The number of aromatic amines is 1. The molecule has 0 saturated carbocycles. The van der Waals surface area contributed by atoms with Crippen molar-refractivity contribution in [1.29, 1.82) is 0 Å². The fraction of sp³-hybridized carbons (Fsp3) is 0. The van der Waals surface area contributed by atoms with Crippen LogP contribution in [0.25, 0.3) is 22.0 Å². The molecule has 0 spiro atoms. The molecule has 3 heteroatoms. The highest BCUT2D eigenvalue weighted by molar-refractivity contribution is 6.31. The van der Waals surface area contributed by atoms with E-state index in [1.165, 1.54) is 0 Å². The Kier molecular flexibility index (Phi) is 2.58. The summed E-state index contributed by atoms with van der Waals surface area (Å²) in [6.45, 7) is 0. The predicted molar refractivity (Wildman–Crippen MR) is 73.8 cm³/mol. The number of rotatable bonds is 1. The molecule has 17 heavy (non-hydrogen) atoms. The second kappa shape index (κ2) is 4.10. The van der Waals surface area contributed by atoms with Gasteiger partial charge in [0.2, 0.25) is 0 Å². The fourth-order valence-corrected chi connectivity index (χ4v) is 2.26. The van der Waals surface area contributed by atoms with Gasteiger partial charge in [0.25, 0.3) is 0 Å². The number of fused-ring (bicyclic) bond motifs is 1. The van der Waals surface area contributed by atoms with Gasteiger partial charge in [-0.2, -0.15) is 0 Å². The molecule has 0 unspecified atom stereocenters. The second-order valence-electron chi connectivity index (χ2n) is 3.90. The Morgan fingerprint density at radius 1 is 0.824 bits per heavy atom. The number of nitrogens with one attached hydrogen (secondary N) is 1. The van der Waals surface area contributed by atoms with Crippen LogP contribution in [0.4, 0.5) is 0 Å². The molecule has 1 aromatic heterocycles. The van der Waals surface area contributed by atoms with Crippen LogP contribution in [-0.2, 0) is 0 Å². The molecule has 0 atom stereocenters. The summed E-state index contributed by atoms with van der Waals surface area (Å²) in [5.41, 5.74) is 3.35. The highest BCUT2D eigenvalue weighted by Crippen LogP contribution is 2.30. The van der Waals surface area contributed by atoms with Crippen molar-refractivity contribution in [2.45, 2.75) is 0 Å². The molecule has 0 fully saturated rings. The number of halogens is 2. The Balaban J connectivity index is 2.23. The van der Waals surface area contributed by atoms with Gasteiger partial charge in [-0.1, -0.05) is 35.3 Å². The van der Waals surface area contributed by atoms with Crippen molar-refractivity contribution >= 4 is 34.1 Å². The largest absolute Gasteiger partial charge is 0.361 e. The molecule has 3 rings (SSSR count). The van der Waals surface area contributed by atoms with Crippen molar-refractivity contribution in [3.63, 3.8) is 0 Å². The normalized spacial score (nSPS) is 10.9. The molecule has 1 heterocycles. The van der Waals surface area contributed by atoms with Crippen LogP contribution in [0.2, 0.25) is 10.0 Å². The van der Waals surface area contributed by atoms with Crippen LogP contribution in [0.3, 0.4) is 0 Å². The Bertz CT molecular complexity index is 668. The van der Waals surface area contributed by atoms with Crippen LogP contribution < -0.4 is 0 Å². The molecule has 0 amide bonds. The van der Waals surface area contributed by atoms with E-state index in [4.69, 9.17) is 23.2 Å². The van der Waals surface area contributed by atoms with Gasteiger partial charge in [0.05, 0.1) is 0 Å². The summed E-state index contributed by atoms with van der Waals surface area (Å²) in [4.78, 5) is 3.24. The van der Waals surface area contributed by atoms with Crippen LogP contribution >= 0.6 is 23.2 Å². The molecule has 0 bridgehead atoms. The maximum atomic E-state index is 6.03. The summed E-state index contributed by atoms with van der Waals surface area (Å²) in [6, 6.07) is 13.6. The van der Waals surface area contributed by atoms with Crippen LogP contribution in [0.5, 0.6) is 0 Å². The molecule has 1 nitrogen and oxygen atoms in total. The molecular weight excluding hydrogens is 253 g/mol. The number of hydrogen-bond donors (Lipinski definition) is 1. The van der Waals surface area contributed by atoms with Crippen LogP contribution in [0.15, 0.2) is 48.7 Å². The number of hydrogen-bond acceptors (Lipinski definition) is 0. The zero-order valence-corrected chi connectivity index (χ0v) is 10.4. The summed E-state index contributed by atoms with van der Waals surface area (Å²) in [5, 5.41) is 2.61. The Morgan fingerprint density at radius 2 is 1.53 bits per heavy atom. The van der Waals surface area contributed by atoms with Gasteiger partial charge < -0.3 is 4.98 Å². The van der Waals surface area contributed by atoms with Crippen LogP contribution in [0, 0.1) is 0 Å². The van der Waals surface area contributed by atoms with Gasteiger partial charge in [0.1, 0.15) is 0 Å². The lowest BCUT2D eigenvalue weighted by atomic mass is 10.1. The lowest BCUT2D eigenvalue weighted by molar-refractivity contribution is 1.47. The molecule has 0 saturated heterocycles. The van der Waals surface area contributed by atoms with E-state index in [-0.39, 0.29) is 0 Å². The SMILES string of the molecule is Clc1ccc(-c2c[nH]c3ccc(Cl)cc23)cc1. The van der Waals surface area contributed by atoms with E-state index in [0.717, 1.165) is 32.1 Å². The van der Waals surface area contributed by atoms with Gasteiger partial charge >= 0.3 is 0 Å². The summed E-state index contributed by atoms with van der Waals surface area (Å²) in [6.07, 6.45) is 1.99. The highest BCUT2D eigenvalue weighted by Gasteiger charge is 2.06. The first-order chi connectivity index (χ1) is 8.24. The monoisotopic (exact) mass is 261 g/mol. The zero-order chi connectivity index (χ0) is 11.8. The molecule has 1 N–H and O–H groups in total. The first-order valence-electron chi connectivity index (χ1n) is 5.26. The minimum absolute atomic E-state index is 0.742. The third-order valence-corrected chi connectivity index (χ3v) is 3.29. The molecule has 3 aromatic rings. The van der Waals surface area contributed by atoms with Crippen molar-refractivity contribution in [3.05, 3.63) is 58.7 Å². The van der Waals surface area contributed by atoms with Crippen molar-refractivity contribution in [2.75, 3.05) is 0 Å². The third kappa shape index (κ3) is 1.92. The number of H-pyrrole nitrogens is 1. The van der Waals surface area contributed by atoms with E-state index in [9.17, 15) is 0 Å². The average Bonchev–Trinajstić information content (AvgIpc) is 2.73. The third-order valence-electron chi connectivity index (χ3n) is 2.80. The van der Waals surface area contributed by atoms with Crippen molar-refractivity contribution in [3.8, 4) is 11.1 Å². The standard InChI is InChI=1S/C14H9Cl2N/c15-10-3-1-9(2-4-10)13-8-17-14-6-5-11(16)7-12(13)14/h1-8,17H. The Morgan fingerprint density at radius 3 is 2.29 bits per heavy atom. The lowest BCUT2D eigenvalue weighted by Gasteiger charge is -2.00. The topological polar surface area (TPSA) is 15.8 Å². The van der Waals surface area contributed by atoms with Gasteiger partial charge in [0.15, 0.2) is 0 Å². The van der Waals surface area contributed by atoms with Gasteiger partial charge in [-0.3, -0.25) is 0 Å². The van der Waals surface area contributed by atoms with Crippen LogP contribution in [0.1, 0.15) is 0 Å². The van der Waals surface area contributed by atoms with Crippen molar-refractivity contribution < 1.29 is 0 Å². The van der Waals surface area contributed by atoms with E-state index in [1.54, 1.807) is 0 Å². The summed E-state index contributed by atoms with van der Waals surface area (Å²) >= 11 is 11.9. The van der Waals surface area contributed by atoms with Crippen LogP contribution in [-0.4, -0.2) is 4.98 Å². The molecule has 0 aliphatic heterocycles. The lowest BCUT2D eigenvalue weighted by Crippen LogP contribution is -1.75. The number of aromatic nitrogens is 1. The summed E-state index contributed by atoms with van der Waals surface area (Å²) in [5.74, 6) is 0. The predicted octanol–water partition coefficient (Wildman–Crippen LogP) is 5.14. The second-order valence-corrected chi connectivity index (χ2v) is 4.77. The quantitative estimate of drug-likeness (QED) is 0.624. The molecule has 0 aliphatic carbocycles. The van der Waals surface area contributed by atoms with Crippen molar-refractivity contribution in [1.82, 2.24) is 4.98 Å². The molecule has 0 radical (unpaired) electrons. The Labute approximate surface area is 109 Å². The first kappa shape index (κ1) is 10.7. The van der Waals surface area contributed by atoms with E-state index >= 15 is 0 Å². The van der Waals surface area contributed by atoms with E-state index < -0.39 is 0 Å². The van der Waals surface area contributed by atoms with Crippen molar-refractivity contribution in [2.24, 2.45) is 0 Å². The molecule has 0 aliphatic rings. The molecule has 2 aromatic carbocycles. The smallest absolute Gasteiger partial charge is 0.0461 e. The first-order valence-corrected chi connectivity index (χ1v) is 6.02. The molecule has 84 valence electrons. The summed E-state index contributed by atoms with van der Waals surface area (Å²) < 4.78 is 0. The zero-order valence-electron chi connectivity index (χ0n) is 8.87. The van der Waals surface area contributed by atoms with E-state index in [0.29, 0.717) is 0 Å². The minimum Gasteiger partial charge on any atom is -0.361 e. The van der Waals surface area contributed by atoms with Gasteiger partial charge in [0, 0.05) is 32.7 Å².